The van der Waals surface area contributed by atoms with Crippen molar-refractivity contribution in [2.24, 2.45) is 0 Å². The zero-order chi connectivity index (χ0) is 13.8. The second-order valence-electron chi connectivity index (χ2n) is 4.92. The molecule has 19 heavy (non-hydrogen) atoms. The molecule has 1 aromatic rings. The first kappa shape index (κ1) is 13.4. The summed E-state index contributed by atoms with van der Waals surface area (Å²) in [5.41, 5.74) is 2.72. The molecule has 0 radical (unpaired) electrons. The molecule has 4 nitrogen and oxygen atoms in total. The normalized spacial score (nSPS) is 13.7. The minimum atomic E-state index is 0.0536. The minimum Gasteiger partial charge on any atom is -0.388 e. The van der Waals surface area contributed by atoms with E-state index in [1.165, 1.54) is 0 Å². The van der Waals surface area contributed by atoms with Crippen LogP contribution >= 0.6 is 0 Å². The van der Waals surface area contributed by atoms with E-state index in [9.17, 15) is 4.79 Å². The predicted octanol–water partition coefficient (Wildman–Crippen LogP) is 2.56. The Morgan fingerprint density at radius 3 is 2.79 bits per heavy atom. The van der Waals surface area contributed by atoms with E-state index in [-0.39, 0.29) is 5.91 Å². The van der Waals surface area contributed by atoms with E-state index in [0.717, 1.165) is 29.7 Å². The summed E-state index contributed by atoms with van der Waals surface area (Å²) in [6.45, 7) is 2.48. The highest BCUT2D eigenvalue weighted by Gasteiger charge is 2.33. The molecule has 0 heterocycles. The van der Waals surface area contributed by atoms with Gasteiger partial charge in [-0.3, -0.25) is 4.79 Å². The lowest BCUT2D eigenvalue weighted by atomic mass is 10.1. The average Bonchev–Trinajstić information content (AvgIpc) is 3.23. The summed E-state index contributed by atoms with van der Waals surface area (Å²) < 4.78 is 0. The highest BCUT2D eigenvalue weighted by Crippen LogP contribution is 2.29. The highest BCUT2D eigenvalue weighted by molar-refractivity contribution is 5.96. The van der Waals surface area contributed by atoms with Crippen LogP contribution in [-0.2, 0) is 0 Å². The van der Waals surface area contributed by atoms with Crippen molar-refractivity contribution < 1.29 is 4.79 Å². The Morgan fingerprint density at radius 1 is 1.53 bits per heavy atom. The van der Waals surface area contributed by atoms with Crippen LogP contribution in [0.15, 0.2) is 18.2 Å². The maximum atomic E-state index is 12.5. The molecule has 0 atom stereocenters. The van der Waals surface area contributed by atoms with E-state index < -0.39 is 0 Å². The molecule has 1 fully saturated rings. The van der Waals surface area contributed by atoms with Crippen LogP contribution in [0.3, 0.4) is 0 Å². The van der Waals surface area contributed by atoms with Crippen molar-refractivity contribution in [1.29, 1.82) is 5.26 Å². The molecular weight excluding hydrogens is 238 g/mol. The molecule has 0 saturated heterocycles. The predicted molar refractivity (Wildman–Crippen MR) is 75.0 cm³/mol. The summed E-state index contributed by atoms with van der Waals surface area (Å²) in [4.78, 5) is 14.4. The van der Waals surface area contributed by atoms with Gasteiger partial charge in [-0.25, -0.2) is 0 Å². The number of hydrogen-bond acceptors (Lipinski definition) is 3. The standard InChI is InChI=1S/C15H19N3O/c1-11-10-12(17-2)4-7-14(11)15(19)18(9-3-8-16)13-5-6-13/h4,7,10,13,17H,3,5-6,9H2,1-2H3. The Morgan fingerprint density at radius 2 is 2.26 bits per heavy atom. The van der Waals surface area contributed by atoms with Crippen LogP contribution in [0.2, 0.25) is 0 Å². The summed E-state index contributed by atoms with van der Waals surface area (Å²) in [5, 5.41) is 11.8. The largest absolute Gasteiger partial charge is 0.388 e. The first-order chi connectivity index (χ1) is 9.17. The fourth-order valence-corrected chi connectivity index (χ4v) is 2.22. The van der Waals surface area contributed by atoms with Crippen molar-refractivity contribution in [3.05, 3.63) is 29.3 Å². The van der Waals surface area contributed by atoms with E-state index in [2.05, 4.69) is 11.4 Å². The third kappa shape index (κ3) is 3.05. The van der Waals surface area contributed by atoms with Gasteiger partial charge in [0.25, 0.3) is 5.91 Å². The van der Waals surface area contributed by atoms with Crippen molar-refractivity contribution >= 4 is 11.6 Å². The number of nitriles is 1. The fraction of sp³-hybridized carbons (Fsp3) is 0.467. The van der Waals surface area contributed by atoms with Gasteiger partial charge in [-0.2, -0.15) is 5.26 Å². The number of carbonyl (C=O) groups excluding carboxylic acids is 1. The Bertz CT molecular complexity index is 515. The first-order valence-corrected chi connectivity index (χ1v) is 6.63. The van der Waals surface area contributed by atoms with Gasteiger partial charge >= 0.3 is 0 Å². The van der Waals surface area contributed by atoms with Crippen LogP contribution in [0, 0.1) is 18.3 Å². The number of nitrogens with zero attached hydrogens (tertiary/aromatic N) is 2. The van der Waals surface area contributed by atoms with Crippen molar-refractivity contribution in [2.75, 3.05) is 18.9 Å². The van der Waals surface area contributed by atoms with E-state index in [0.29, 0.717) is 19.0 Å². The fourth-order valence-electron chi connectivity index (χ4n) is 2.22. The van der Waals surface area contributed by atoms with E-state index in [1.54, 1.807) is 0 Å². The maximum absolute atomic E-state index is 12.5. The molecule has 1 amide bonds. The Hall–Kier alpha value is -2.02. The second-order valence-corrected chi connectivity index (χ2v) is 4.92. The maximum Gasteiger partial charge on any atom is 0.254 e. The molecule has 1 aliphatic carbocycles. The zero-order valence-electron chi connectivity index (χ0n) is 11.4. The highest BCUT2D eigenvalue weighted by atomic mass is 16.2. The summed E-state index contributed by atoms with van der Waals surface area (Å²) in [6.07, 6.45) is 2.52. The first-order valence-electron chi connectivity index (χ1n) is 6.63. The molecule has 0 spiro atoms. The summed E-state index contributed by atoms with van der Waals surface area (Å²) in [6, 6.07) is 8.21. The van der Waals surface area contributed by atoms with Crippen LogP contribution in [0.1, 0.15) is 35.2 Å². The van der Waals surface area contributed by atoms with Crippen LogP contribution < -0.4 is 5.32 Å². The smallest absolute Gasteiger partial charge is 0.254 e. The lowest BCUT2D eigenvalue weighted by Crippen LogP contribution is -2.34. The van der Waals surface area contributed by atoms with Crippen LogP contribution in [-0.4, -0.2) is 30.4 Å². The molecule has 1 aliphatic rings. The Labute approximate surface area is 114 Å². The number of hydrogen-bond donors (Lipinski definition) is 1. The van der Waals surface area contributed by atoms with Crippen molar-refractivity contribution in [2.45, 2.75) is 32.2 Å². The molecule has 0 aromatic heterocycles. The van der Waals surface area contributed by atoms with E-state index in [4.69, 9.17) is 5.26 Å². The average molecular weight is 257 g/mol. The van der Waals surface area contributed by atoms with Gasteiger partial charge in [-0.05, 0) is 43.5 Å². The number of anilines is 1. The van der Waals surface area contributed by atoms with Gasteiger partial charge in [-0.15, -0.1) is 0 Å². The van der Waals surface area contributed by atoms with Crippen molar-refractivity contribution in [1.82, 2.24) is 4.90 Å². The molecule has 0 aliphatic heterocycles. The summed E-state index contributed by atoms with van der Waals surface area (Å²) in [7, 11) is 1.86. The number of carbonyl (C=O) groups is 1. The quantitative estimate of drug-likeness (QED) is 0.882. The lowest BCUT2D eigenvalue weighted by Gasteiger charge is -2.22. The minimum absolute atomic E-state index is 0.0536. The SMILES string of the molecule is CNc1ccc(C(=O)N(CCC#N)C2CC2)c(C)c1. The molecule has 2 rings (SSSR count). The number of amides is 1. The zero-order valence-corrected chi connectivity index (χ0v) is 11.4. The summed E-state index contributed by atoms with van der Waals surface area (Å²) in [5.74, 6) is 0.0536. The number of aryl methyl sites for hydroxylation is 1. The summed E-state index contributed by atoms with van der Waals surface area (Å²) >= 11 is 0. The van der Waals surface area contributed by atoms with Gasteiger partial charge in [0.2, 0.25) is 0 Å². The molecule has 0 bridgehead atoms. The molecule has 1 N–H and O–H groups in total. The number of rotatable bonds is 5. The van der Waals surface area contributed by atoms with E-state index >= 15 is 0 Å². The molecule has 1 saturated carbocycles. The molecule has 0 unspecified atom stereocenters. The van der Waals surface area contributed by atoms with Gasteiger partial charge in [-0.1, -0.05) is 0 Å². The second kappa shape index (κ2) is 5.75. The van der Waals surface area contributed by atoms with E-state index in [1.807, 2.05) is 37.1 Å². The third-order valence-corrected chi connectivity index (χ3v) is 3.46. The van der Waals surface area contributed by atoms with Crippen LogP contribution in [0.5, 0.6) is 0 Å². The monoisotopic (exact) mass is 257 g/mol. The Balaban J connectivity index is 2.19. The molecule has 4 heteroatoms. The van der Waals surface area contributed by atoms with Gasteiger partial charge < -0.3 is 10.2 Å². The van der Waals surface area contributed by atoms with Gasteiger partial charge in [0.05, 0.1) is 12.5 Å². The third-order valence-electron chi connectivity index (χ3n) is 3.46. The Kier molecular flexibility index (Phi) is 4.06. The van der Waals surface area contributed by atoms with Crippen molar-refractivity contribution in [3.63, 3.8) is 0 Å². The topological polar surface area (TPSA) is 56.1 Å². The molecular formula is C15H19N3O. The van der Waals surface area contributed by atoms with Crippen LogP contribution in [0.25, 0.3) is 0 Å². The molecule has 100 valence electrons. The lowest BCUT2D eigenvalue weighted by molar-refractivity contribution is 0.0746. The van der Waals surface area contributed by atoms with Crippen molar-refractivity contribution in [3.8, 4) is 6.07 Å². The number of nitrogens with one attached hydrogen (secondary N) is 1. The van der Waals surface area contributed by atoms with Gasteiger partial charge in [0.15, 0.2) is 0 Å². The van der Waals surface area contributed by atoms with Crippen LogP contribution in [0.4, 0.5) is 5.69 Å². The van der Waals surface area contributed by atoms with Gasteiger partial charge in [0.1, 0.15) is 0 Å². The molecule has 1 aromatic carbocycles. The number of benzene rings is 1. The van der Waals surface area contributed by atoms with Gasteiger partial charge in [0, 0.05) is 30.9 Å².